The van der Waals surface area contributed by atoms with Gasteiger partial charge in [0.1, 0.15) is 12.4 Å². The number of benzene rings is 1. The molecule has 106 valence electrons. The van der Waals surface area contributed by atoms with E-state index in [1.54, 1.807) is 4.90 Å². The Hall–Kier alpha value is -1.51. The molecule has 1 aromatic carbocycles. The fourth-order valence-corrected chi connectivity index (χ4v) is 1.98. The molecule has 19 heavy (non-hydrogen) atoms. The summed E-state index contributed by atoms with van der Waals surface area (Å²) >= 11 is 0. The molecule has 0 spiro atoms. The summed E-state index contributed by atoms with van der Waals surface area (Å²) in [6, 6.07) is 7.95. The number of hydrogen-bond acceptors (Lipinski definition) is 2. The molecule has 0 radical (unpaired) electrons. The molecule has 0 aliphatic carbocycles. The zero-order valence-corrected chi connectivity index (χ0v) is 12.5. The van der Waals surface area contributed by atoms with Gasteiger partial charge in [0, 0.05) is 13.0 Å². The fourth-order valence-electron chi connectivity index (χ4n) is 1.98. The smallest absolute Gasteiger partial charge is 0.225 e. The molecular formula is C16H25NO2. The first-order valence-corrected chi connectivity index (χ1v) is 6.99. The van der Waals surface area contributed by atoms with Crippen LogP contribution < -0.4 is 4.74 Å². The largest absolute Gasteiger partial charge is 0.492 e. The predicted molar refractivity (Wildman–Crippen MR) is 78.4 cm³/mol. The number of hydrogen-bond donors (Lipinski definition) is 0. The zero-order valence-electron chi connectivity index (χ0n) is 12.5. The first kappa shape index (κ1) is 15.5. The molecule has 0 saturated heterocycles. The van der Waals surface area contributed by atoms with Crippen LogP contribution in [0.1, 0.15) is 32.3 Å². The van der Waals surface area contributed by atoms with Crippen LogP contribution in [-0.2, 0) is 4.79 Å². The lowest BCUT2D eigenvalue weighted by atomic mass is 10.1. The maximum Gasteiger partial charge on any atom is 0.225 e. The van der Waals surface area contributed by atoms with Gasteiger partial charge >= 0.3 is 0 Å². The Morgan fingerprint density at radius 3 is 2.53 bits per heavy atom. The van der Waals surface area contributed by atoms with E-state index in [1.807, 2.05) is 45.2 Å². The maximum atomic E-state index is 12.0. The van der Waals surface area contributed by atoms with Crippen LogP contribution in [0, 0.1) is 12.8 Å². The Morgan fingerprint density at radius 2 is 1.95 bits per heavy atom. The highest BCUT2D eigenvalue weighted by Gasteiger charge is 2.16. The molecule has 0 aliphatic rings. The Morgan fingerprint density at radius 1 is 1.32 bits per heavy atom. The highest BCUT2D eigenvalue weighted by Crippen LogP contribution is 2.12. The molecule has 3 heteroatoms. The van der Waals surface area contributed by atoms with Gasteiger partial charge < -0.3 is 9.64 Å². The average molecular weight is 263 g/mol. The number of carbonyl (C=O) groups excluding carboxylic acids is 1. The van der Waals surface area contributed by atoms with Crippen LogP contribution in [0.3, 0.4) is 0 Å². The van der Waals surface area contributed by atoms with Crippen molar-refractivity contribution in [2.75, 3.05) is 20.2 Å². The van der Waals surface area contributed by atoms with Crippen LogP contribution in [0.4, 0.5) is 0 Å². The molecule has 1 amide bonds. The van der Waals surface area contributed by atoms with Crippen molar-refractivity contribution >= 4 is 5.91 Å². The van der Waals surface area contributed by atoms with Crippen LogP contribution in [0.5, 0.6) is 5.75 Å². The molecule has 1 atom stereocenters. The average Bonchev–Trinajstić information content (AvgIpc) is 2.40. The van der Waals surface area contributed by atoms with Crippen molar-refractivity contribution in [1.82, 2.24) is 4.90 Å². The van der Waals surface area contributed by atoms with E-state index in [-0.39, 0.29) is 11.8 Å². The van der Waals surface area contributed by atoms with Gasteiger partial charge in [-0.15, -0.1) is 0 Å². The molecule has 0 aliphatic heterocycles. The van der Waals surface area contributed by atoms with Crippen LogP contribution in [0.2, 0.25) is 0 Å². The van der Waals surface area contributed by atoms with E-state index in [0.717, 1.165) is 18.6 Å². The fraction of sp³-hybridized carbons (Fsp3) is 0.562. The summed E-state index contributed by atoms with van der Waals surface area (Å²) in [4.78, 5) is 13.7. The number of rotatable bonds is 7. The Balaban J connectivity index is 2.32. The number of aryl methyl sites for hydroxylation is 1. The molecule has 0 heterocycles. The van der Waals surface area contributed by atoms with E-state index in [4.69, 9.17) is 4.74 Å². The number of amides is 1. The monoisotopic (exact) mass is 263 g/mol. The Bertz CT molecular complexity index is 386. The van der Waals surface area contributed by atoms with Gasteiger partial charge in [-0.2, -0.15) is 0 Å². The van der Waals surface area contributed by atoms with Gasteiger partial charge in [-0.05, 0) is 25.5 Å². The Labute approximate surface area is 116 Å². The maximum absolute atomic E-state index is 12.0. The minimum atomic E-state index is 0.106. The highest BCUT2D eigenvalue weighted by atomic mass is 16.5. The van der Waals surface area contributed by atoms with Crippen molar-refractivity contribution in [1.29, 1.82) is 0 Å². The van der Waals surface area contributed by atoms with Crippen LogP contribution >= 0.6 is 0 Å². The van der Waals surface area contributed by atoms with Gasteiger partial charge in [0.05, 0.1) is 6.54 Å². The molecule has 1 rings (SSSR count). The van der Waals surface area contributed by atoms with Crippen LogP contribution in [0.15, 0.2) is 24.3 Å². The van der Waals surface area contributed by atoms with Crippen molar-refractivity contribution in [2.45, 2.75) is 33.6 Å². The Kier molecular flexibility index (Phi) is 6.40. The van der Waals surface area contributed by atoms with Gasteiger partial charge in [0.25, 0.3) is 0 Å². The predicted octanol–water partition coefficient (Wildman–Crippen LogP) is 3.27. The SMILES string of the molecule is CCCC(C)C(=O)N(C)CCOc1ccc(C)cc1. The standard InChI is InChI=1S/C16H25NO2/c1-5-6-14(3)16(18)17(4)11-12-19-15-9-7-13(2)8-10-15/h7-10,14H,5-6,11-12H2,1-4H3. The lowest BCUT2D eigenvalue weighted by molar-refractivity contribution is -0.134. The van der Waals surface area contributed by atoms with E-state index in [9.17, 15) is 4.79 Å². The van der Waals surface area contributed by atoms with Crippen molar-refractivity contribution in [3.8, 4) is 5.75 Å². The minimum Gasteiger partial charge on any atom is -0.492 e. The third kappa shape index (κ3) is 5.33. The van der Waals surface area contributed by atoms with E-state index in [2.05, 4.69) is 6.92 Å². The summed E-state index contributed by atoms with van der Waals surface area (Å²) in [6.45, 7) is 7.30. The van der Waals surface area contributed by atoms with Crippen LogP contribution in [-0.4, -0.2) is 31.0 Å². The van der Waals surface area contributed by atoms with Crippen molar-refractivity contribution < 1.29 is 9.53 Å². The molecule has 1 aromatic rings. The third-order valence-corrected chi connectivity index (χ3v) is 3.24. The topological polar surface area (TPSA) is 29.5 Å². The molecule has 0 fully saturated rings. The van der Waals surface area contributed by atoms with Gasteiger partial charge in [-0.1, -0.05) is 38.0 Å². The molecule has 3 nitrogen and oxygen atoms in total. The summed E-state index contributed by atoms with van der Waals surface area (Å²) in [5, 5.41) is 0. The van der Waals surface area contributed by atoms with Gasteiger partial charge in [-0.25, -0.2) is 0 Å². The van der Waals surface area contributed by atoms with E-state index in [1.165, 1.54) is 5.56 Å². The molecule has 0 saturated carbocycles. The van der Waals surface area contributed by atoms with E-state index in [0.29, 0.717) is 13.2 Å². The minimum absolute atomic E-state index is 0.106. The lowest BCUT2D eigenvalue weighted by Crippen LogP contribution is -2.34. The summed E-state index contributed by atoms with van der Waals surface area (Å²) in [5.74, 6) is 1.16. The first-order chi connectivity index (χ1) is 9.04. The van der Waals surface area contributed by atoms with Gasteiger partial charge in [0.15, 0.2) is 0 Å². The summed E-state index contributed by atoms with van der Waals surface area (Å²) in [5.41, 5.74) is 1.22. The molecule has 0 aromatic heterocycles. The van der Waals surface area contributed by atoms with Crippen LogP contribution in [0.25, 0.3) is 0 Å². The second kappa shape index (κ2) is 7.82. The molecule has 0 bridgehead atoms. The van der Waals surface area contributed by atoms with Crippen molar-refractivity contribution in [3.05, 3.63) is 29.8 Å². The summed E-state index contributed by atoms with van der Waals surface area (Å²) < 4.78 is 5.63. The second-order valence-electron chi connectivity index (χ2n) is 5.11. The number of nitrogens with zero attached hydrogens (tertiary/aromatic N) is 1. The van der Waals surface area contributed by atoms with Gasteiger partial charge in [0.2, 0.25) is 5.91 Å². The van der Waals surface area contributed by atoms with Crippen molar-refractivity contribution in [3.63, 3.8) is 0 Å². The van der Waals surface area contributed by atoms with Crippen molar-refractivity contribution in [2.24, 2.45) is 5.92 Å². The zero-order chi connectivity index (χ0) is 14.3. The molecule has 0 N–H and O–H groups in total. The van der Waals surface area contributed by atoms with Gasteiger partial charge in [-0.3, -0.25) is 4.79 Å². The lowest BCUT2D eigenvalue weighted by Gasteiger charge is -2.21. The van der Waals surface area contributed by atoms with E-state index >= 15 is 0 Å². The second-order valence-corrected chi connectivity index (χ2v) is 5.11. The highest BCUT2D eigenvalue weighted by molar-refractivity contribution is 5.78. The normalized spacial score (nSPS) is 12.0. The van der Waals surface area contributed by atoms with E-state index < -0.39 is 0 Å². The molecule has 1 unspecified atom stereocenters. The number of carbonyl (C=O) groups is 1. The summed E-state index contributed by atoms with van der Waals surface area (Å²) in [7, 11) is 1.84. The number of ether oxygens (including phenoxy) is 1. The first-order valence-electron chi connectivity index (χ1n) is 6.99. The number of likely N-dealkylation sites (N-methyl/N-ethyl adjacent to an activating group) is 1. The third-order valence-electron chi connectivity index (χ3n) is 3.24. The summed E-state index contributed by atoms with van der Waals surface area (Å²) in [6.07, 6.45) is 1.99. The quantitative estimate of drug-likeness (QED) is 0.755. The molecular weight excluding hydrogens is 238 g/mol.